The van der Waals surface area contributed by atoms with Crippen molar-refractivity contribution in [2.45, 2.75) is 12.5 Å². The van der Waals surface area contributed by atoms with Gasteiger partial charge in [0.1, 0.15) is 0 Å². The Labute approximate surface area is 93.6 Å². The van der Waals surface area contributed by atoms with Gasteiger partial charge >= 0.3 is 0 Å². The SMILES string of the molecule is O=C(c1ccccc1Cl)C1C2CNC1C2. The third-order valence-corrected chi connectivity index (χ3v) is 3.91. The molecule has 1 saturated carbocycles. The van der Waals surface area contributed by atoms with E-state index in [1.54, 1.807) is 6.07 Å². The van der Waals surface area contributed by atoms with Crippen molar-refractivity contribution < 1.29 is 4.79 Å². The maximum atomic E-state index is 12.2. The van der Waals surface area contributed by atoms with Crippen LogP contribution in [0.4, 0.5) is 0 Å². The van der Waals surface area contributed by atoms with Gasteiger partial charge < -0.3 is 5.32 Å². The van der Waals surface area contributed by atoms with Gasteiger partial charge in [-0.2, -0.15) is 0 Å². The predicted octanol–water partition coefficient (Wildman–Crippen LogP) is 2.13. The zero-order valence-corrected chi connectivity index (χ0v) is 9.00. The van der Waals surface area contributed by atoms with Crippen molar-refractivity contribution in [3.05, 3.63) is 34.9 Å². The van der Waals surface area contributed by atoms with Crippen LogP contribution in [0.5, 0.6) is 0 Å². The molecule has 3 heteroatoms. The summed E-state index contributed by atoms with van der Waals surface area (Å²) in [7, 11) is 0. The molecule has 0 amide bonds. The molecule has 0 radical (unpaired) electrons. The van der Waals surface area contributed by atoms with Gasteiger partial charge in [0, 0.05) is 17.5 Å². The van der Waals surface area contributed by atoms with Crippen LogP contribution in [0.15, 0.2) is 24.3 Å². The molecule has 2 saturated heterocycles. The summed E-state index contributed by atoms with van der Waals surface area (Å²) in [6.07, 6.45) is 1.15. The van der Waals surface area contributed by atoms with Gasteiger partial charge in [0.15, 0.2) is 5.78 Å². The molecule has 15 heavy (non-hydrogen) atoms. The lowest BCUT2D eigenvalue weighted by atomic mass is 9.70. The Bertz CT molecular complexity index is 404. The lowest BCUT2D eigenvalue weighted by Gasteiger charge is -2.33. The van der Waals surface area contributed by atoms with Crippen molar-refractivity contribution in [3.63, 3.8) is 0 Å². The van der Waals surface area contributed by atoms with Crippen LogP contribution in [-0.4, -0.2) is 18.4 Å². The Kier molecular flexibility index (Phi) is 2.08. The first-order valence-corrected chi connectivity index (χ1v) is 5.67. The molecule has 0 spiro atoms. The highest BCUT2D eigenvalue weighted by molar-refractivity contribution is 6.34. The van der Waals surface area contributed by atoms with Crippen LogP contribution < -0.4 is 5.32 Å². The second-order valence-electron chi connectivity index (χ2n) is 4.38. The summed E-state index contributed by atoms with van der Waals surface area (Å²) in [6, 6.07) is 7.73. The van der Waals surface area contributed by atoms with E-state index >= 15 is 0 Å². The maximum absolute atomic E-state index is 12.2. The number of carbonyl (C=O) groups excluding carboxylic acids is 1. The van der Waals surface area contributed by atoms with Crippen molar-refractivity contribution in [3.8, 4) is 0 Å². The van der Waals surface area contributed by atoms with Crippen molar-refractivity contribution in [2.75, 3.05) is 6.54 Å². The van der Waals surface area contributed by atoms with E-state index in [4.69, 9.17) is 11.6 Å². The standard InChI is InChI=1S/C12H12ClNO/c13-9-4-2-1-3-8(9)12(15)11-7-5-10(11)14-6-7/h1-4,7,10-11,14H,5-6H2. The fraction of sp³-hybridized carbons (Fsp3) is 0.417. The van der Waals surface area contributed by atoms with Crippen LogP contribution in [0.3, 0.4) is 0 Å². The molecule has 2 aliphatic heterocycles. The number of fused-ring (bicyclic) bond motifs is 1. The molecule has 1 N–H and O–H groups in total. The first kappa shape index (κ1) is 9.37. The summed E-state index contributed by atoms with van der Waals surface area (Å²) < 4.78 is 0. The van der Waals surface area contributed by atoms with E-state index in [9.17, 15) is 4.79 Å². The predicted molar refractivity (Wildman–Crippen MR) is 59.2 cm³/mol. The Morgan fingerprint density at radius 2 is 2.20 bits per heavy atom. The minimum Gasteiger partial charge on any atom is -0.313 e. The van der Waals surface area contributed by atoms with Gasteiger partial charge in [-0.15, -0.1) is 0 Å². The van der Waals surface area contributed by atoms with E-state index < -0.39 is 0 Å². The van der Waals surface area contributed by atoms with Gasteiger partial charge in [0.05, 0.1) is 5.02 Å². The number of Topliss-reactive ketones (excluding diaryl/α,β-unsaturated/α-hetero) is 1. The van der Waals surface area contributed by atoms with E-state index in [0.717, 1.165) is 13.0 Å². The number of hydrogen-bond acceptors (Lipinski definition) is 2. The molecule has 1 aliphatic carbocycles. The first-order valence-electron chi connectivity index (χ1n) is 5.29. The van der Waals surface area contributed by atoms with Crippen LogP contribution in [0.1, 0.15) is 16.8 Å². The third-order valence-electron chi connectivity index (χ3n) is 3.58. The summed E-state index contributed by atoms with van der Waals surface area (Å²) in [5.74, 6) is 0.926. The van der Waals surface area contributed by atoms with Crippen LogP contribution in [0.25, 0.3) is 0 Å². The van der Waals surface area contributed by atoms with E-state index in [1.165, 1.54) is 0 Å². The summed E-state index contributed by atoms with van der Waals surface area (Å²) in [5.41, 5.74) is 0.683. The quantitative estimate of drug-likeness (QED) is 0.776. The van der Waals surface area contributed by atoms with Crippen molar-refractivity contribution in [2.24, 2.45) is 11.8 Å². The molecule has 78 valence electrons. The monoisotopic (exact) mass is 221 g/mol. The van der Waals surface area contributed by atoms with Gasteiger partial charge in [0.25, 0.3) is 0 Å². The zero-order chi connectivity index (χ0) is 10.4. The van der Waals surface area contributed by atoms with Gasteiger partial charge in [0.2, 0.25) is 0 Å². The van der Waals surface area contributed by atoms with Crippen molar-refractivity contribution >= 4 is 17.4 Å². The number of ketones is 1. The smallest absolute Gasteiger partial charge is 0.169 e. The average Bonchev–Trinajstić information content (AvgIpc) is 2.79. The fourth-order valence-electron chi connectivity index (χ4n) is 2.71. The molecule has 1 aromatic carbocycles. The van der Waals surface area contributed by atoms with Gasteiger partial charge in [-0.1, -0.05) is 23.7 Å². The summed E-state index contributed by atoms with van der Waals surface area (Å²) >= 11 is 6.02. The molecule has 2 heterocycles. The topological polar surface area (TPSA) is 29.1 Å². The molecule has 3 fully saturated rings. The zero-order valence-electron chi connectivity index (χ0n) is 8.24. The minimum atomic E-state index is 0.171. The molecular weight excluding hydrogens is 210 g/mol. The average molecular weight is 222 g/mol. The lowest BCUT2D eigenvalue weighted by molar-refractivity contribution is 0.0784. The molecule has 0 aromatic heterocycles. The van der Waals surface area contributed by atoms with E-state index in [0.29, 0.717) is 22.5 Å². The summed E-state index contributed by atoms with van der Waals surface area (Å²) in [6.45, 7) is 0.992. The second kappa shape index (κ2) is 3.32. The van der Waals surface area contributed by atoms with E-state index in [2.05, 4.69) is 5.32 Å². The highest BCUT2D eigenvalue weighted by Crippen LogP contribution is 2.42. The first-order chi connectivity index (χ1) is 7.27. The Balaban J connectivity index is 1.89. The largest absolute Gasteiger partial charge is 0.313 e. The van der Waals surface area contributed by atoms with E-state index in [1.807, 2.05) is 18.2 Å². The molecule has 1 aromatic rings. The summed E-state index contributed by atoms with van der Waals surface area (Å²) in [4.78, 5) is 12.2. The molecule has 3 unspecified atom stereocenters. The second-order valence-corrected chi connectivity index (χ2v) is 4.79. The number of halogens is 1. The number of nitrogens with one attached hydrogen (secondary N) is 1. The number of hydrogen-bond donors (Lipinski definition) is 1. The maximum Gasteiger partial charge on any atom is 0.169 e. The minimum absolute atomic E-state index is 0.171. The third kappa shape index (κ3) is 1.32. The molecule has 4 rings (SSSR count). The van der Waals surface area contributed by atoms with Crippen LogP contribution in [0, 0.1) is 11.8 Å². The van der Waals surface area contributed by atoms with Crippen LogP contribution in [0.2, 0.25) is 5.02 Å². The van der Waals surface area contributed by atoms with Crippen LogP contribution in [-0.2, 0) is 0 Å². The van der Waals surface area contributed by atoms with E-state index in [-0.39, 0.29) is 11.7 Å². The number of carbonyl (C=O) groups is 1. The van der Waals surface area contributed by atoms with Gasteiger partial charge in [-0.25, -0.2) is 0 Å². The molecule has 2 nitrogen and oxygen atoms in total. The summed E-state index contributed by atoms with van der Waals surface area (Å²) in [5, 5.41) is 3.93. The normalized spacial score (nSPS) is 32.5. The Hall–Kier alpha value is -0.860. The Morgan fingerprint density at radius 3 is 2.80 bits per heavy atom. The highest BCUT2D eigenvalue weighted by atomic mass is 35.5. The van der Waals surface area contributed by atoms with Gasteiger partial charge in [-0.05, 0) is 31.0 Å². The van der Waals surface area contributed by atoms with Crippen molar-refractivity contribution in [1.82, 2.24) is 5.32 Å². The van der Waals surface area contributed by atoms with Gasteiger partial charge in [-0.3, -0.25) is 4.79 Å². The number of rotatable bonds is 2. The number of benzene rings is 1. The molecule has 2 bridgehead atoms. The van der Waals surface area contributed by atoms with Crippen LogP contribution >= 0.6 is 11.6 Å². The fourth-order valence-corrected chi connectivity index (χ4v) is 2.94. The highest BCUT2D eigenvalue weighted by Gasteiger charge is 2.50. The lowest BCUT2D eigenvalue weighted by Crippen LogP contribution is -2.42. The molecule has 3 aliphatic rings. The Morgan fingerprint density at radius 1 is 1.40 bits per heavy atom. The van der Waals surface area contributed by atoms with Crippen molar-refractivity contribution in [1.29, 1.82) is 0 Å². The molecule has 3 atom stereocenters. The molecular formula is C12H12ClNO.